The molecule has 3 rings (SSSR count). The van der Waals surface area contributed by atoms with Crippen molar-refractivity contribution in [2.75, 3.05) is 14.2 Å². The quantitative estimate of drug-likeness (QED) is 0.522. The molecule has 0 N–H and O–H groups in total. The van der Waals surface area contributed by atoms with Crippen LogP contribution in [0, 0.1) is 10.1 Å². The molecule has 118 valence electrons. The largest absolute Gasteiger partial charge is 0.493 e. The van der Waals surface area contributed by atoms with Crippen LogP contribution in [-0.4, -0.2) is 38.7 Å². The standard InChI is InChI=1S/C14H13N5O4/c1-22-12-3-9(10(19(20)21)4-13(12)23-2)6-18-8-17-14-11(18)5-15-7-16-14/h3-5,7-8H,6H2,1-2H3. The molecular weight excluding hydrogens is 302 g/mol. The van der Waals surface area contributed by atoms with E-state index in [4.69, 9.17) is 9.47 Å². The van der Waals surface area contributed by atoms with Crippen LogP contribution in [0.4, 0.5) is 5.69 Å². The molecule has 9 heteroatoms. The van der Waals surface area contributed by atoms with E-state index < -0.39 is 4.92 Å². The van der Waals surface area contributed by atoms with Crippen molar-refractivity contribution in [1.29, 1.82) is 0 Å². The van der Waals surface area contributed by atoms with E-state index in [9.17, 15) is 10.1 Å². The first-order chi connectivity index (χ1) is 11.1. The van der Waals surface area contributed by atoms with E-state index in [2.05, 4.69) is 15.0 Å². The van der Waals surface area contributed by atoms with Gasteiger partial charge in [-0.2, -0.15) is 0 Å². The van der Waals surface area contributed by atoms with Gasteiger partial charge in [0.15, 0.2) is 17.1 Å². The van der Waals surface area contributed by atoms with Crippen molar-refractivity contribution in [2.24, 2.45) is 0 Å². The number of nitro benzene ring substituents is 1. The number of imidazole rings is 1. The molecule has 0 unspecified atom stereocenters. The number of hydrogen-bond acceptors (Lipinski definition) is 7. The van der Waals surface area contributed by atoms with Gasteiger partial charge in [-0.25, -0.2) is 15.0 Å². The Balaban J connectivity index is 2.09. The number of ether oxygens (including phenoxy) is 2. The Morgan fingerprint density at radius 1 is 1.22 bits per heavy atom. The molecule has 2 aromatic heterocycles. The fourth-order valence-electron chi connectivity index (χ4n) is 2.32. The Morgan fingerprint density at radius 2 is 1.96 bits per heavy atom. The van der Waals surface area contributed by atoms with Crippen LogP contribution >= 0.6 is 0 Å². The molecule has 0 saturated heterocycles. The van der Waals surface area contributed by atoms with Gasteiger partial charge in [-0.1, -0.05) is 0 Å². The van der Waals surface area contributed by atoms with Crippen LogP contribution in [-0.2, 0) is 6.54 Å². The summed E-state index contributed by atoms with van der Waals surface area (Å²) >= 11 is 0. The van der Waals surface area contributed by atoms with Gasteiger partial charge in [-0.15, -0.1) is 0 Å². The number of benzene rings is 1. The van der Waals surface area contributed by atoms with E-state index in [-0.39, 0.29) is 12.2 Å². The monoisotopic (exact) mass is 315 g/mol. The molecule has 0 bridgehead atoms. The maximum Gasteiger partial charge on any atom is 0.278 e. The Bertz CT molecular complexity index is 877. The van der Waals surface area contributed by atoms with Crippen molar-refractivity contribution in [1.82, 2.24) is 19.5 Å². The minimum absolute atomic E-state index is 0.0543. The summed E-state index contributed by atoms with van der Waals surface area (Å²) in [7, 11) is 2.91. The topological polar surface area (TPSA) is 105 Å². The summed E-state index contributed by atoms with van der Waals surface area (Å²) in [5, 5.41) is 11.3. The molecule has 0 fully saturated rings. The number of fused-ring (bicyclic) bond motifs is 1. The highest BCUT2D eigenvalue weighted by molar-refractivity contribution is 5.69. The molecule has 2 heterocycles. The Hall–Kier alpha value is -3.23. The molecule has 9 nitrogen and oxygen atoms in total. The van der Waals surface area contributed by atoms with Crippen LogP contribution in [0.5, 0.6) is 11.5 Å². The van der Waals surface area contributed by atoms with E-state index >= 15 is 0 Å². The summed E-state index contributed by atoms with van der Waals surface area (Å²) in [6.45, 7) is 0.237. The number of methoxy groups -OCH3 is 2. The van der Waals surface area contributed by atoms with Crippen LogP contribution in [0.15, 0.2) is 31.0 Å². The smallest absolute Gasteiger partial charge is 0.278 e. The predicted molar refractivity (Wildman–Crippen MR) is 80.6 cm³/mol. The van der Waals surface area contributed by atoms with Gasteiger partial charge in [0.25, 0.3) is 5.69 Å². The molecule has 0 aliphatic heterocycles. The summed E-state index contributed by atoms with van der Waals surface area (Å²) in [5.41, 5.74) is 1.64. The van der Waals surface area contributed by atoms with Gasteiger partial charge in [-0.05, 0) is 6.07 Å². The minimum Gasteiger partial charge on any atom is -0.493 e. The van der Waals surface area contributed by atoms with Crippen LogP contribution in [0.25, 0.3) is 11.2 Å². The number of hydrogen-bond donors (Lipinski definition) is 0. The van der Waals surface area contributed by atoms with Gasteiger partial charge < -0.3 is 14.0 Å². The van der Waals surface area contributed by atoms with E-state index in [1.807, 2.05) is 0 Å². The van der Waals surface area contributed by atoms with Crippen molar-refractivity contribution in [3.63, 3.8) is 0 Å². The molecule has 23 heavy (non-hydrogen) atoms. The number of nitrogens with zero attached hydrogens (tertiary/aromatic N) is 5. The summed E-state index contributed by atoms with van der Waals surface area (Å²) in [5.74, 6) is 0.732. The van der Waals surface area contributed by atoms with Gasteiger partial charge in [0.1, 0.15) is 11.8 Å². The Morgan fingerprint density at radius 3 is 2.65 bits per heavy atom. The maximum absolute atomic E-state index is 11.3. The second-order valence-corrected chi connectivity index (χ2v) is 4.70. The number of rotatable bonds is 5. The van der Waals surface area contributed by atoms with Crippen LogP contribution in [0.3, 0.4) is 0 Å². The lowest BCUT2D eigenvalue weighted by Gasteiger charge is -2.11. The second kappa shape index (κ2) is 5.87. The lowest BCUT2D eigenvalue weighted by atomic mass is 10.1. The summed E-state index contributed by atoms with van der Waals surface area (Å²) in [4.78, 5) is 23.0. The first-order valence-electron chi connectivity index (χ1n) is 6.64. The van der Waals surface area contributed by atoms with Gasteiger partial charge in [0.05, 0.1) is 49.8 Å². The highest BCUT2D eigenvalue weighted by atomic mass is 16.6. The minimum atomic E-state index is -0.451. The number of aromatic nitrogens is 4. The third kappa shape index (κ3) is 2.63. The fourth-order valence-corrected chi connectivity index (χ4v) is 2.32. The van der Waals surface area contributed by atoms with Crippen molar-refractivity contribution in [2.45, 2.75) is 6.54 Å². The zero-order valence-corrected chi connectivity index (χ0v) is 12.5. The van der Waals surface area contributed by atoms with Crippen LogP contribution < -0.4 is 9.47 Å². The van der Waals surface area contributed by atoms with E-state index in [0.717, 1.165) is 0 Å². The molecular formula is C14H13N5O4. The van der Waals surface area contributed by atoms with Crippen molar-refractivity contribution in [3.05, 3.63) is 46.7 Å². The van der Waals surface area contributed by atoms with Crippen molar-refractivity contribution in [3.8, 4) is 11.5 Å². The highest BCUT2D eigenvalue weighted by Crippen LogP contribution is 2.35. The summed E-state index contributed by atoms with van der Waals surface area (Å²) < 4.78 is 12.1. The normalized spacial score (nSPS) is 10.7. The fraction of sp³-hybridized carbons (Fsp3) is 0.214. The first kappa shape index (κ1) is 14.7. The third-order valence-electron chi connectivity index (χ3n) is 3.42. The summed E-state index contributed by atoms with van der Waals surface area (Å²) in [6.07, 6.45) is 4.58. The molecule has 0 atom stereocenters. The van der Waals surface area contributed by atoms with Crippen molar-refractivity contribution < 1.29 is 14.4 Å². The zero-order valence-electron chi connectivity index (χ0n) is 12.5. The van der Waals surface area contributed by atoms with Crippen LogP contribution in [0.1, 0.15) is 5.56 Å². The molecule has 0 amide bonds. The molecule has 0 spiro atoms. The van der Waals surface area contributed by atoms with Gasteiger partial charge in [-0.3, -0.25) is 10.1 Å². The Kier molecular flexibility index (Phi) is 3.75. The lowest BCUT2D eigenvalue weighted by molar-refractivity contribution is -0.385. The van der Waals surface area contributed by atoms with Crippen molar-refractivity contribution >= 4 is 16.9 Å². The molecule has 0 radical (unpaired) electrons. The van der Waals surface area contributed by atoms with Gasteiger partial charge in [0, 0.05) is 0 Å². The average molecular weight is 315 g/mol. The number of nitro groups is 1. The Labute approximate surface area is 130 Å². The molecule has 0 aliphatic rings. The SMILES string of the molecule is COc1cc(Cn2cnc3ncncc32)c([N+](=O)[O-])cc1OC. The van der Waals surface area contributed by atoms with Crippen LogP contribution in [0.2, 0.25) is 0 Å². The second-order valence-electron chi connectivity index (χ2n) is 4.70. The van der Waals surface area contributed by atoms with E-state index in [0.29, 0.717) is 28.2 Å². The third-order valence-corrected chi connectivity index (χ3v) is 3.42. The predicted octanol–water partition coefficient (Wildman–Crippen LogP) is 1.80. The zero-order chi connectivity index (χ0) is 16.4. The first-order valence-corrected chi connectivity index (χ1v) is 6.64. The highest BCUT2D eigenvalue weighted by Gasteiger charge is 2.20. The molecule has 0 saturated carbocycles. The molecule has 1 aromatic carbocycles. The molecule has 3 aromatic rings. The van der Waals surface area contributed by atoms with Gasteiger partial charge >= 0.3 is 0 Å². The van der Waals surface area contributed by atoms with E-state index in [1.165, 1.54) is 26.6 Å². The average Bonchev–Trinajstić information content (AvgIpc) is 2.97. The maximum atomic E-state index is 11.3. The lowest BCUT2D eigenvalue weighted by Crippen LogP contribution is -2.04. The van der Waals surface area contributed by atoms with Gasteiger partial charge in [0.2, 0.25) is 0 Å². The molecule has 0 aliphatic carbocycles. The summed E-state index contributed by atoms with van der Waals surface area (Å²) in [6, 6.07) is 2.94. The van der Waals surface area contributed by atoms with E-state index in [1.54, 1.807) is 23.2 Å².